The Balaban J connectivity index is 1.60. The van der Waals surface area contributed by atoms with Crippen molar-refractivity contribution in [3.8, 4) is 0 Å². The zero-order chi connectivity index (χ0) is 21.0. The Morgan fingerprint density at radius 2 is 1.97 bits per heavy atom. The molecule has 0 fully saturated rings. The highest BCUT2D eigenvalue weighted by Crippen LogP contribution is 2.21. The number of rotatable bonds is 6. The Kier molecular flexibility index (Phi) is 6.03. The molecule has 0 saturated heterocycles. The Morgan fingerprint density at radius 1 is 1.17 bits per heavy atom. The molecule has 3 aromatic rings. The number of hydrogen-bond donors (Lipinski definition) is 3. The molecular weight excluding hydrogens is 399 g/mol. The van der Waals surface area contributed by atoms with Crippen LogP contribution in [0.25, 0.3) is 0 Å². The van der Waals surface area contributed by atoms with Crippen LogP contribution in [0.5, 0.6) is 0 Å². The topological polar surface area (TPSA) is 113 Å². The van der Waals surface area contributed by atoms with Crippen LogP contribution in [0.3, 0.4) is 0 Å². The van der Waals surface area contributed by atoms with Crippen molar-refractivity contribution in [2.24, 2.45) is 0 Å². The maximum absolute atomic E-state index is 13.7. The lowest BCUT2D eigenvalue weighted by Gasteiger charge is -2.08. The van der Waals surface area contributed by atoms with E-state index >= 15 is 0 Å². The molecule has 2 heterocycles. The predicted molar refractivity (Wildman–Crippen MR) is 107 cm³/mol. The van der Waals surface area contributed by atoms with Gasteiger partial charge in [0, 0.05) is 18.0 Å². The lowest BCUT2D eigenvalue weighted by atomic mass is 10.2. The lowest BCUT2D eigenvalue weighted by molar-refractivity contribution is -0.116. The van der Waals surface area contributed by atoms with Gasteiger partial charge in [0.25, 0.3) is 5.91 Å². The van der Waals surface area contributed by atoms with E-state index in [1.165, 1.54) is 36.7 Å². The summed E-state index contributed by atoms with van der Waals surface area (Å²) in [5.41, 5.74) is 1.18. The number of benzene rings is 1. The normalized spacial score (nSPS) is 10.4. The van der Waals surface area contributed by atoms with E-state index in [9.17, 15) is 18.8 Å². The number of aromatic nitrogens is 1. The third kappa shape index (κ3) is 5.26. The maximum atomic E-state index is 13.7. The van der Waals surface area contributed by atoms with Crippen LogP contribution in [0.15, 0.2) is 40.3 Å². The van der Waals surface area contributed by atoms with E-state index in [1.807, 2.05) is 0 Å². The minimum Gasteiger partial charge on any atom is -0.469 e. The summed E-state index contributed by atoms with van der Waals surface area (Å²) < 4.78 is 18.8. The molecule has 29 heavy (non-hydrogen) atoms. The number of carbonyl (C=O) groups excluding carboxylic acids is 3. The third-order valence-corrected chi connectivity index (χ3v) is 4.58. The van der Waals surface area contributed by atoms with Gasteiger partial charge in [0.1, 0.15) is 11.6 Å². The van der Waals surface area contributed by atoms with Crippen molar-refractivity contribution in [2.45, 2.75) is 20.3 Å². The summed E-state index contributed by atoms with van der Waals surface area (Å²) in [6, 6.07) is 5.42. The molecule has 0 aliphatic rings. The van der Waals surface area contributed by atoms with Gasteiger partial charge in [-0.1, -0.05) is 0 Å². The molecule has 150 valence electrons. The molecule has 0 aliphatic heterocycles. The van der Waals surface area contributed by atoms with Crippen LogP contribution >= 0.6 is 11.3 Å². The number of amides is 3. The van der Waals surface area contributed by atoms with Crippen molar-refractivity contribution in [2.75, 3.05) is 16.0 Å². The number of anilines is 3. The SMILES string of the molecule is CC(=O)Nc1cc(NC(=O)Cc2csc(NC(=O)c3ccoc3C)n2)ccc1F. The molecule has 1 aromatic carbocycles. The average Bonchev–Trinajstić information content (AvgIpc) is 3.26. The second-order valence-electron chi connectivity index (χ2n) is 6.09. The highest BCUT2D eigenvalue weighted by molar-refractivity contribution is 7.14. The van der Waals surface area contributed by atoms with Gasteiger partial charge in [0.05, 0.1) is 29.6 Å². The minimum absolute atomic E-state index is 0.0245. The highest BCUT2D eigenvalue weighted by Gasteiger charge is 2.15. The van der Waals surface area contributed by atoms with Crippen LogP contribution in [0.1, 0.15) is 28.7 Å². The molecule has 0 saturated carbocycles. The number of furan rings is 1. The van der Waals surface area contributed by atoms with Crippen LogP contribution in [0, 0.1) is 12.7 Å². The van der Waals surface area contributed by atoms with Gasteiger partial charge in [0.15, 0.2) is 5.13 Å². The molecule has 3 rings (SSSR count). The van der Waals surface area contributed by atoms with Gasteiger partial charge in [-0.2, -0.15) is 0 Å². The van der Waals surface area contributed by atoms with Gasteiger partial charge < -0.3 is 15.1 Å². The zero-order valence-corrected chi connectivity index (χ0v) is 16.4. The summed E-state index contributed by atoms with van der Waals surface area (Å²) in [5.74, 6) is -1.25. The van der Waals surface area contributed by atoms with Crippen LogP contribution in [-0.2, 0) is 16.0 Å². The molecule has 0 unspecified atom stereocenters. The molecule has 0 radical (unpaired) electrons. The standard InChI is InChI=1S/C19H17FN4O4S/c1-10-14(5-6-28-10)18(27)24-19-23-13(9-29-19)8-17(26)22-12-3-4-15(20)16(7-12)21-11(2)25/h3-7,9H,8H2,1-2H3,(H,21,25)(H,22,26)(H,23,24,27). The monoisotopic (exact) mass is 416 g/mol. The second kappa shape index (κ2) is 8.65. The fraction of sp³-hybridized carbons (Fsp3) is 0.158. The Bertz CT molecular complexity index is 1080. The molecule has 0 aliphatic carbocycles. The van der Waals surface area contributed by atoms with Crippen molar-refractivity contribution < 1.29 is 23.2 Å². The first-order valence-electron chi connectivity index (χ1n) is 8.48. The molecule has 8 nitrogen and oxygen atoms in total. The Labute approximate surface area is 169 Å². The summed E-state index contributed by atoms with van der Waals surface area (Å²) >= 11 is 1.19. The van der Waals surface area contributed by atoms with Gasteiger partial charge in [-0.25, -0.2) is 9.37 Å². The maximum Gasteiger partial charge on any atom is 0.260 e. The van der Waals surface area contributed by atoms with Crippen LogP contribution < -0.4 is 16.0 Å². The van der Waals surface area contributed by atoms with Gasteiger partial charge >= 0.3 is 0 Å². The molecule has 3 amide bonds. The molecule has 10 heteroatoms. The van der Waals surface area contributed by atoms with E-state index in [0.717, 1.165) is 6.07 Å². The fourth-order valence-electron chi connectivity index (χ4n) is 2.49. The molecule has 0 bridgehead atoms. The largest absolute Gasteiger partial charge is 0.469 e. The van der Waals surface area contributed by atoms with E-state index in [-0.39, 0.29) is 23.9 Å². The van der Waals surface area contributed by atoms with E-state index in [2.05, 4.69) is 20.9 Å². The smallest absolute Gasteiger partial charge is 0.260 e. The van der Waals surface area contributed by atoms with Crippen molar-refractivity contribution in [3.63, 3.8) is 0 Å². The Morgan fingerprint density at radius 3 is 2.66 bits per heavy atom. The van der Waals surface area contributed by atoms with Crippen LogP contribution in [0.2, 0.25) is 0 Å². The van der Waals surface area contributed by atoms with Crippen molar-refractivity contribution in [1.29, 1.82) is 0 Å². The van der Waals surface area contributed by atoms with Crippen molar-refractivity contribution in [1.82, 2.24) is 4.98 Å². The number of halogens is 1. The predicted octanol–water partition coefficient (Wildman–Crippen LogP) is 3.58. The van der Waals surface area contributed by atoms with E-state index < -0.39 is 11.7 Å². The number of nitrogens with zero attached hydrogens (tertiary/aromatic N) is 1. The number of carbonyl (C=O) groups is 3. The van der Waals surface area contributed by atoms with Crippen molar-refractivity contribution >= 4 is 45.6 Å². The second-order valence-corrected chi connectivity index (χ2v) is 6.95. The Hall–Kier alpha value is -3.53. The van der Waals surface area contributed by atoms with Crippen molar-refractivity contribution in [3.05, 3.63) is 58.7 Å². The van der Waals surface area contributed by atoms with Gasteiger partial charge in [-0.05, 0) is 31.2 Å². The third-order valence-electron chi connectivity index (χ3n) is 3.78. The summed E-state index contributed by atoms with van der Waals surface area (Å²) in [6.45, 7) is 2.94. The fourth-order valence-corrected chi connectivity index (χ4v) is 3.19. The van der Waals surface area contributed by atoms with E-state index in [0.29, 0.717) is 27.8 Å². The molecule has 2 aromatic heterocycles. The summed E-state index contributed by atoms with van der Waals surface area (Å²) in [6.07, 6.45) is 1.39. The number of aryl methyl sites for hydroxylation is 1. The van der Waals surface area contributed by atoms with Crippen LogP contribution in [-0.4, -0.2) is 22.7 Å². The summed E-state index contributed by atoms with van der Waals surface area (Å²) in [4.78, 5) is 39.7. The molecular formula is C19H17FN4O4S. The molecule has 3 N–H and O–H groups in total. The first kappa shape index (κ1) is 20.2. The van der Waals surface area contributed by atoms with E-state index in [1.54, 1.807) is 18.4 Å². The number of hydrogen-bond acceptors (Lipinski definition) is 6. The van der Waals surface area contributed by atoms with Gasteiger partial charge in [-0.15, -0.1) is 11.3 Å². The average molecular weight is 416 g/mol. The van der Waals surface area contributed by atoms with Gasteiger partial charge in [-0.3, -0.25) is 19.7 Å². The number of nitrogens with one attached hydrogen (secondary N) is 3. The zero-order valence-electron chi connectivity index (χ0n) is 15.5. The first-order valence-corrected chi connectivity index (χ1v) is 9.36. The summed E-state index contributed by atoms with van der Waals surface area (Å²) in [7, 11) is 0. The quantitative estimate of drug-likeness (QED) is 0.568. The number of thiazole rings is 1. The van der Waals surface area contributed by atoms with E-state index in [4.69, 9.17) is 4.42 Å². The minimum atomic E-state index is -0.606. The molecule has 0 atom stereocenters. The van der Waals surface area contributed by atoms with Crippen LogP contribution in [0.4, 0.5) is 20.9 Å². The lowest BCUT2D eigenvalue weighted by Crippen LogP contribution is -2.16. The van der Waals surface area contributed by atoms with Gasteiger partial charge in [0.2, 0.25) is 11.8 Å². The highest BCUT2D eigenvalue weighted by atomic mass is 32.1. The summed E-state index contributed by atoms with van der Waals surface area (Å²) in [5, 5.41) is 9.64. The molecule has 0 spiro atoms. The first-order chi connectivity index (χ1) is 13.8.